The summed E-state index contributed by atoms with van der Waals surface area (Å²) in [6, 6.07) is 8.99. The Balaban J connectivity index is 1.53. The molecule has 0 atom stereocenters. The normalized spacial score (nSPS) is 14.2. The second-order valence-corrected chi connectivity index (χ2v) is 8.09. The average molecular weight is 354 g/mol. The highest BCUT2D eigenvalue weighted by Gasteiger charge is 2.29. The molecular weight excluding hydrogens is 322 g/mol. The standard InChI is InChI=1S/C22H31N3O/c1-16(2)7-13-21-23-24-22(25(21)19-9-10-19)14-12-20(26)11-8-18-6-4-5-17(3)15-18/h4-6,15-16,19H,7-14H2,1-3H3. The van der Waals surface area contributed by atoms with Crippen LogP contribution in [0.3, 0.4) is 0 Å². The van der Waals surface area contributed by atoms with Gasteiger partial charge in [-0.15, -0.1) is 10.2 Å². The Labute approximate surface area is 157 Å². The number of carbonyl (C=O) groups excluding carboxylic acids is 1. The highest BCUT2D eigenvalue weighted by Crippen LogP contribution is 2.37. The molecule has 26 heavy (non-hydrogen) atoms. The third kappa shape index (κ3) is 5.26. The number of aromatic nitrogens is 3. The van der Waals surface area contributed by atoms with Crippen LogP contribution in [0.1, 0.15) is 74.8 Å². The highest BCUT2D eigenvalue weighted by molar-refractivity contribution is 5.78. The van der Waals surface area contributed by atoms with Crippen molar-refractivity contribution in [1.29, 1.82) is 0 Å². The molecule has 0 aliphatic heterocycles. The van der Waals surface area contributed by atoms with Crippen LogP contribution in [0, 0.1) is 12.8 Å². The summed E-state index contributed by atoms with van der Waals surface area (Å²) in [5.74, 6) is 3.12. The topological polar surface area (TPSA) is 47.8 Å². The molecule has 0 saturated heterocycles. The third-order valence-corrected chi connectivity index (χ3v) is 5.10. The third-order valence-electron chi connectivity index (χ3n) is 5.10. The quantitative estimate of drug-likeness (QED) is 0.625. The van der Waals surface area contributed by atoms with Crippen molar-refractivity contribution in [2.45, 2.75) is 78.2 Å². The summed E-state index contributed by atoms with van der Waals surface area (Å²) >= 11 is 0. The van der Waals surface area contributed by atoms with E-state index in [-0.39, 0.29) is 0 Å². The lowest BCUT2D eigenvalue weighted by Gasteiger charge is -2.10. The van der Waals surface area contributed by atoms with Gasteiger partial charge < -0.3 is 4.57 Å². The van der Waals surface area contributed by atoms with E-state index in [0.717, 1.165) is 37.3 Å². The number of hydrogen-bond acceptors (Lipinski definition) is 3. The lowest BCUT2D eigenvalue weighted by atomic mass is 10.0. The number of aryl methyl sites for hydroxylation is 4. The van der Waals surface area contributed by atoms with E-state index in [1.807, 2.05) is 0 Å². The van der Waals surface area contributed by atoms with Gasteiger partial charge in [0, 0.05) is 31.7 Å². The number of rotatable bonds is 10. The van der Waals surface area contributed by atoms with Crippen molar-refractivity contribution in [3.05, 3.63) is 47.0 Å². The Kier molecular flexibility index (Phi) is 6.23. The Bertz CT molecular complexity index is 744. The fourth-order valence-electron chi connectivity index (χ4n) is 3.40. The first kappa shape index (κ1) is 18.8. The van der Waals surface area contributed by atoms with Gasteiger partial charge in [0.15, 0.2) is 0 Å². The van der Waals surface area contributed by atoms with Crippen molar-refractivity contribution < 1.29 is 4.79 Å². The molecule has 1 aliphatic rings. The number of carbonyl (C=O) groups is 1. The average Bonchev–Trinajstić information content (AvgIpc) is 3.36. The van der Waals surface area contributed by atoms with E-state index in [4.69, 9.17) is 0 Å². The molecule has 4 heteroatoms. The van der Waals surface area contributed by atoms with Gasteiger partial charge in [0.1, 0.15) is 17.4 Å². The fourth-order valence-corrected chi connectivity index (χ4v) is 3.40. The van der Waals surface area contributed by atoms with Gasteiger partial charge in [-0.05, 0) is 44.1 Å². The van der Waals surface area contributed by atoms with Crippen LogP contribution in [0.2, 0.25) is 0 Å². The van der Waals surface area contributed by atoms with E-state index in [0.29, 0.717) is 30.6 Å². The first-order valence-corrected chi connectivity index (χ1v) is 10.0. The lowest BCUT2D eigenvalue weighted by Crippen LogP contribution is -2.09. The number of Topliss-reactive ketones (excluding diaryl/α,β-unsaturated/α-hetero) is 1. The van der Waals surface area contributed by atoms with Gasteiger partial charge >= 0.3 is 0 Å². The van der Waals surface area contributed by atoms with Crippen molar-refractivity contribution in [3.8, 4) is 0 Å². The van der Waals surface area contributed by atoms with Crippen molar-refractivity contribution in [1.82, 2.24) is 14.8 Å². The summed E-state index contributed by atoms with van der Waals surface area (Å²) in [6.07, 6.45) is 7.31. The second kappa shape index (κ2) is 8.61. The Hall–Kier alpha value is -1.97. The van der Waals surface area contributed by atoms with Crippen LogP contribution >= 0.6 is 0 Å². The smallest absolute Gasteiger partial charge is 0.133 e. The molecule has 0 amide bonds. The van der Waals surface area contributed by atoms with Gasteiger partial charge in [0.05, 0.1) is 0 Å². The first-order chi connectivity index (χ1) is 12.5. The van der Waals surface area contributed by atoms with E-state index in [1.54, 1.807) is 0 Å². The minimum atomic E-state index is 0.320. The summed E-state index contributed by atoms with van der Waals surface area (Å²) in [4.78, 5) is 12.3. The molecule has 3 rings (SSSR count). The van der Waals surface area contributed by atoms with Gasteiger partial charge in [-0.1, -0.05) is 43.7 Å². The largest absolute Gasteiger partial charge is 0.312 e. The molecule has 1 fully saturated rings. The predicted molar refractivity (Wildman–Crippen MR) is 104 cm³/mol. The van der Waals surface area contributed by atoms with Crippen molar-refractivity contribution in [3.63, 3.8) is 0 Å². The molecule has 1 heterocycles. The van der Waals surface area contributed by atoms with Crippen LogP contribution in [0.5, 0.6) is 0 Å². The lowest BCUT2D eigenvalue weighted by molar-refractivity contribution is -0.119. The molecule has 1 aliphatic carbocycles. The van der Waals surface area contributed by atoms with Crippen LogP contribution < -0.4 is 0 Å². The zero-order valence-corrected chi connectivity index (χ0v) is 16.4. The van der Waals surface area contributed by atoms with Crippen molar-refractivity contribution in [2.24, 2.45) is 5.92 Å². The van der Waals surface area contributed by atoms with E-state index < -0.39 is 0 Å². The van der Waals surface area contributed by atoms with Crippen LogP contribution in [-0.4, -0.2) is 20.5 Å². The fraction of sp³-hybridized carbons (Fsp3) is 0.591. The molecule has 1 aromatic carbocycles. The molecule has 1 aromatic heterocycles. The van der Waals surface area contributed by atoms with Crippen molar-refractivity contribution in [2.75, 3.05) is 0 Å². The van der Waals surface area contributed by atoms with Gasteiger partial charge in [0.2, 0.25) is 0 Å². The van der Waals surface area contributed by atoms with Crippen LogP contribution in [0.4, 0.5) is 0 Å². The van der Waals surface area contributed by atoms with E-state index >= 15 is 0 Å². The zero-order chi connectivity index (χ0) is 18.5. The summed E-state index contributed by atoms with van der Waals surface area (Å²) in [7, 11) is 0. The van der Waals surface area contributed by atoms with Crippen LogP contribution in [0.25, 0.3) is 0 Å². The van der Waals surface area contributed by atoms with E-state index in [1.165, 1.54) is 24.0 Å². The molecule has 2 aromatic rings. The molecule has 0 unspecified atom stereocenters. The zero-order valence-electron chi connectivity index (χ0n) is 16.4. The molecule has 0 bridgehead atoms. The van der Waals surface area contributed by atoms with Crippen molar-refractivity contribution >= 4 is 5.78 Å². The second-order valence-electron chi connectivity index (χ2n) is 8.09. The molecule has 140 valence electrons. The van der Waals surface area contributed by atoms with E-state index in [9.17, 15) is 4.79 Å². The number of hydrogen-bond donors (Lipinski definition) is 0. The molecule has 1 saturated carbocycles. The molecule has 0 N–H and O–H groups in total. The Morgan fingerprint density at radius 1 is 1.12 bits per heavy atom. The summed E-state index contributed by atoms with van der Waals surface area (Å²) in [5.41, 5.74) is 2.50. The predicted octanol–water partition coefficient (Wildman–Crippen LogP) is 4.64. The molecule has 4 nitrogen and oxygen atoms in total. The van der Waals surface area contributed by atoms with E-state index in [2.05, 4.69) is 59.8 Å². The van der Waals surface area contributed by atoms with Gasteiger partial charge in [-0.3, -0.25) is 4.79 Å². The Morgan fingerprint density at radius 3 is 2.46 bits per heavy atom. The highest BCUT2D eigenvalue weighted by atomic mass is 16.1. The van der Waals surface area contributed by atoms with Gasteiger partial charge in [-0.25, -0.2) is 0 Å². The monoisotopic (exact) mass is 353 g/mol. The van der Waals surface area contributed by atoms with Crippen LogP contribution in [-0.2, 0) is 24.1 Å². The maximum absolute atomic E-state index is 12.3. The SMILES string of the molecule is Cc1cccc(CCC(=O)CCc2nnc(CCC(C)C)n2C2CC2)c1. The summed E-state index contributed by atoms with van der Waals surface area (Å²) < 4.78 is 2.33. The minimum absolute atomic E-state index is 0.320. The number of benzene rings is 1. The summed E-state index contributed by atoms with van der Waals surface area (Å²) in [6.45, 7) is 6.57. The molecular formula is C22H31N3O. The molecule has 0 radical (unpaired) electrons. The Morgan fingerprint density at radius 2 is 1.81 bits per heavy atom. The summed E-state index contributed by atoms with van der Waals surface area (Å²) in [5, 5.41) is 8.85. The van der Waals surface area contributed by atoms with Gasteiger partial charge in [-0.2, -0.15) is 0 Å². The first-order valence-electron chi connectivity index (χ1n) is 10.0. The molecule has 0 spiro atoms. The maximum atomic E-state index is 12.3. The van der Waals surface area contributed by atoms with Gasteiger partial charge in [0.25, 0.3) is 0 Å². The number of ketones is 1. The minimum Gasteiger partial charge on any atom is -0.312 e. The maximum Gasteiger partial charge on any atom is 0.133 e. The number of nitrogens with zero attached hydrogens (tertiary/aromatic N) is 3. The van der Waals surface area contributed by atoms with Crippen LogP contribution in [0.15, 0.2) is 24.3 Å².